The average molecular weight is 505 g/mol. The number of nitrogens with zero attached hydrogens (tertiary/aromatic N) is 4. The molecule has 36 heavy (non-hydrogen) atoms. The second kappa shape index (κ2) is 9.51. The van der Waals surface area contributed by atoms with Gasteiger partial charge in [0.2, 0.25) is 0 Å². The van der Waals surface area contributed by atoms with Gasteiger partial charge in [0.25, 0.3) is 0 Å². The monoisotopic (exact) mass is 504 g/mol. The zero-order valence-electron chi connectivity index (χ0n) is 18.2. The van der Waals surface area contributed by atoms with Gasteiger partial charge >= 0.3 is 6.03 Å². The smallest absolute Gasteiger partial charge is 0.308 e. The molecule has 0 saturated heterocycles. The van der Waals surface area contributed by atoms with Crippen LogP contribution in [0, 0.1) is 11.6 Å². The minimum Gasteiger partial charge on any atom is -0.308 e. The number of hydrogen-bond acceptors (Lipinski definition) is 5. The molecule has 2 heterocycles. The lowest BCUT2D eigenvalue weighted by Gasteiger charge is -2.10. The van der Waals surface area contributed by atoms with Crippen molar-refractivity contribution in [2.24, 2.45) is 0 Å². The predicted octanol–water partition coefficient (Wildman–Crippen LogP) is 5.62. The number of rotatable bonds is 5. The van der Waals surface area contributed by atoms with Gasteiger partial charge in [-0.2, -0.15) is 0 Å². The number of urea groups is 1. The van der Waals surface area contributed by atoms with Gasteiger partial charge in [0.15, 0.2) is 11.6 Å². The Labute approximate surface area is 207 Å². The number of nitrogens with one attached hydrogen (secondary N) is 2. The molecule has 0 atom stereocenters. The number of aromatic nitrogens is 4. The van der Waals surface area contributed by atoms with Crippen molar-refractivity contribution in [3.05, 3.63) is 107 Å². The maximum absolute atomic E-state index is 14.3. The lowest BCUT2D eigenvalue weighted by atomic mass is 10.0. The van der Waals surface area contributed by atoms with Crippen LogP contribution in [-0.2, 0) is 0 Å². The number of amides is 2. The van der Waals surface area contributed by atoms with Crippen molar-refractivity contribution in [1.29, 1.82) is 0 Å². The second-order valence-corrected chi connectivity index (χ2v) is 8.07. The molecule has 3 aromatic carbocycles. The zero-order valence-corrected chi connectivity index (χ0v) is 19.0. The first kappa shape index (κ1) is 23.1. The van der Waals surface area contributed by atoms with Crippen LogP contribution in [0.25, 0.3) is 16.9 Å². The van der Waals surface area contributed by atoms with E-state index in [4.69, 9.17) is 11.6 Å². The lowest BCUT2D eigenvalue weighted by molar-refractivity contribution is 0.103. The summed E-state index contributed by atoms with van der Waals surface area (Å²) in [6.07, 6.45) is 6.48. The van der Waals surface area contributed by atoms with Crippen molar-refractivity contribution in [3.63, 3.8) is 0 Å². The van der Waals surface area contributed by atoms with Crippen LogP contribution in [0.1, 0.15) is 15.9 Å². The largest absolute Gasteiger partial charge is 0.323 e. The summed E-state index contributed by atoms with van der Waals surface area (Å²) in [6.45, 7) is 0. The molecule has 0 saturated carbocycles. The molecule has 0 spiro atoms. The molecule has 178 valence electrons. The van der Waals surface area contributed by atoms with Gasteiger partial charge in [-0.25, -0.2) is 23.5 Å². The first-order chi connectivity index (χ1) is 17.4. The summed E-state index contributed by atoms with van der Waals surface area (Å²) in [4.78, 5) is 38.3. The van der Waals surface area contributed by atoms with Crippen molar-refractivity contribution in [1.82, 2.24) is 19.5 Å². The maximum Gasteiger partial charge on any atom is 0.323 e. The Balaban J connectivity index is 1.38. The van der Waals surface area contributed by atoms with Crippen LogP contribution >= 0.6 is 11.6 Å². The van der Waals surface area contributed by atoms with E-state index >= 15 is 0 Å². The van der Waals surface area contributed by atoms with Gasteiger partial charge in [0, 0.05) is 34.9 Å². The standard InChI is InChI=1S/C25H15ClF2N6O2/c26-19-11-17(2-3-20(19)28)31-25(36)32-18-8-15(7-16(27)10-18)24(35)14-1-4-21-22(9-14)33-23(12-30-21)34-6-5-29-13-34/h1-13H,(H2,31,32,36). The SMILES string of the molecule is O=C(Nc1cc(F)cc(C(=O)c2ccc3ncc(-n4ccnc4)nc3c2)c1)Nc1ccc(F)c(Cl)c1. The number of carbonyl (C=O) groups excluding carboxylic acids is 2. The molecular weight excluding hydrogens is 490 g/mol. The van der Waals surface area contributed by atoms with Gasteiger partial charge in [0.1, 0.15) is 18.0 Å². The highest BCUT2D eigenvalue weighted by molar-refractivity contribution is 6.31. The van der Waals surface area contributed by atoms with E-state index in [1.165, 1.54) is 18.2 Å². The van der Waals surface area contributed by atoms with E-state index in [1.54, 1.807) is 47.7 Å². The van der Waals surface area contributed by atoms with Gasteiger partial charge in [-0.05, 0) is 54.6 Å². The fourth-order valence-corrected chi connectivity index (χ4v) is 3.67. The van der Waals surface area contributed by atoms with Gasteiger partial charge in [0.05, 0.1) is 22.3 Å². The van der Waals surface area contributed by atoms with Crippen molar-refractivity contribution < 1.29 is 18.4 Å². The van der Waals surface area contributed by atoms with E-state index in [-0.39, 0.29) is 27.5 Å². The molecule has 0 aliphatic rings. The number of ketones is 1. The predicted molar refractivity (Wildman–Crippen MR) is 131 cm³/mol. The van der Waals surface area contributed by atoms with E-state index in [0.717, 1.165) is 18.2 Å². The maximum atomic E-state index is 14.3. The fraction of sp³-hybridized carbons (Fsp3) is 0. The molecule has 0 radical (unpaired) electrons. The van der Waals surface area contributed by atoms with Gasteiger partial charge < -0.3 is 10.6 Å². The summed E-state index contributed by atoms with van der Waals surface area (Å²) in [5.41, 5.74) is 1.62. The highest BCUT2D eigenvalue weighted by atomic mass is 35.5. The third-order valence-electron chi connectivity index (χ3n) is 5.16. The van der Waals surface area contributed by atoms with Crippen LogP contribution in [-0.4, -0.2) is 31.3 Å². The molecule has 0 bridgehead atoms. The van der Waals surface area contributed by atoms with Crippen molar-refractivity contribution in [2.75, 3.05) is 10.6 Å². The summed E-state index contributed by atoms with van der Waals surface area (Å²) < 4.78 is 29.3. The number of halogens is 3. The minimum atomic E-state index is -0.727. The Morgan fingerprint density at radius 1 is 0.889 bits per heavy atom. The van der Waals surface area contributed by atoms with Crippen LogP contribution in [0.15, 0.2) is 79.5 Å². The Bertz CT molecular complexity index is 1630. The number of fused-ring (bicyclic) bond motifs is 1. The van der Waals surface area contributed by atoms with E-state index in [9.17, 15) is 18.4 Å². The average Bonchev–Trinajstić information content (AvgIpc) is 3.40. The molecule has 0 fully saturated rings. The van der Waals surface area contributed by atoms with Crippen LogP contribution in [0.5, 0.6) is 0 Å². The van der Waals surface area contributed by atoms with Crippen LogP contribution in [0.4, 0.5) is 25.0 Å². The minimum absolute atomic E-state index is 0.0215. The van der Waals surface area contributed by atoms with Crippen LogP contribution in [0.3, 0.4) is 0 Å². The molecule has 0 aliphatic heterocycles. The van der Waals surface area contributed by atoms with E-state index in [0.29, 0.717) is 16.9 Å². The van der Waals surface area contributed by atoms with Gasteiger partial charge in [-0.1, -0.05) is 11.6 Å². The summed E-state index contributed by atoms with van der Waals surface area (Å²) in [7, 11) is 0. The van der Waals surface area contributed by atoms with Crippen molar-refractivity contribution in [2.45, 2.75) is 0 Å². The Kier molecular flexibility index (Phi) is 6.09. The Hall–Kier alpha value is -4.70. The second-order valence-electron chi connectivity index (χ2n) is 7.67. The normalized spacial score (nSPS) is 10.9. The quantitative estimate of drug-likeness (QED) is 0.302. The molecule has 2 N–H and O–H groups in total. The van der Waals surface area contributed by atoms with Crippen LogP contribution in [0.2, 0.25) is 5.02 Å². The van der Waals surface area contributed by atoms with Crippen LogP contribution < -0.4 is 10.6 Å². The molecule has 8 nitrogen and oxygen atoms in total. The van der Waals surface area contributed by atoms with Crippen molar-refractivity contribution in [3.8, 4) is 5.82 Å². The Morgan fingerprint density at radius 3 is 2.50 bits per heavy atom. The number of hydrogen-bond donors (Lipinski definition) is 2. The van der Waals surface area contributed by atoms with E-state index < -0.39 is 23.4 Å². The summed E-state index contributed by atoms with van der Waals surface area (Å²) >= 11 is 5.72. The summed E-state index contributed by atoms with van der Waals surface area (Å²) in [5.74, 6) is -1.30. The molecule has 2 aromatic heterocycles. The first-order valence-corrected chi connectivity index (χ1v) is 10.9. The first-order valence-electron chi connectivity index (χ1n) is 10.5. The molecule has 0 aliphatic carbocycles. The van der Waals surface area contributed by atoms with Crippen molar-refractivity contribution >= 4 is 45.8 Å². The van der Waals surface area contributed by atoms with E-state index in [1.807, 2.05) is 0 Å². The molecule has 5 aromatic rings. The number of carbonyl (C=O) groups is 2. The number of imidazole rings is 1. The number of benzene rings is 3. The van der Waals surface area contributed by atoms with E-state index in [2.05, 4.69) is 25.6 Å². The highest BCUT2D eigenvalue weighted by Crippen LogP contribution is 2.22. The molecule has 11 heteroatoms. The summed E-state index contributed by atoms with van der Waals surface area (Å²) in [6, 6.07) is 11.2. The van der Waals surface area contributed by atoms with Gasteiger partial charge in [-0.3, -0.25) is 14.3 Å². The zero-order chi connectivity index (χ0) is 25.2. The lowest BCUT2D eigenvalue weighted by Crippen LogP contribution is -2.20. The topological polar surface area (TPSA) is 102 Å². The molecule has 2 amide bonds. The molecular formula is C25H15ClF2N6O2. The highest BCUT2D eigenvalue weighted by Gasteiger charge is 2.15. The van der Waals surface area contributed by atoms with Gasteiger partial charge in [-0.15, -0.1) is 0 Å². The third kappa shape index (κ3) is 4.89. The molecule has 0 unspecified atom stereocenters. The summed E-state index contributed by atoms with van der Waals surface area (Å²) in [5, 5.41) is 4.76. The fourth-order valence-electron chi connectivity index (χ4n) is 3.49. The third-order valence-corrected chi connectivity index (χ3v) is 5.45. The number of anilines is 2. The Morgan fingerprint density at radius 2 is 1.72 bits per heavy atom. The molecule has 5 rings (SSSR count).